The van der Waals surface area contributed by atoms with E-state index >= 15 is 0 Å². The summed E-state index contributed by atoms with van der Waals surface area (Å²) in [6, 6.07) is 10.5. The molecule has 0 radical (unpaired) electrons. The summed E-state index contributed by atoms with van der Waals surface area (Å²) < 4.78 is 54.5. The summed E-state index contributed by atoms with van der Waals surface area (Å²) in [5.74, 6) is -0.390. The summed E-state index contributed by atoms with van der Waals surface area (Å²) >= 11 is 12.1. The second kappa shape index (κ2) is 9.22. The monoisotopic (exact) mass is 476 g/mol. The van der Waals surface area contributed by atoms with Crippen molar-refractivity contribution in [3.05, 3.63) is 58.1 Å². The van der Waals surface area contributed by atoms with Crippen LogP contribution in [0.3, 0.4) is 0 Å². The number of sulfonamides is 2. The molecule has 0 aliphatic carbocycles. The second-order valence-corrected chi connectivity index (χ2v) is 11.4. The predicted octanol–water partition coefficient (Wildman–Crippen LogP) is 4.50. The fourth-order valence-corrected chi connectivity index (χ4v) is 6.67. The molecule has 6 nitrogen and oxygen atoms in total. The Morgan fingerprint density at radius 3 is 1.93 bits per heavy atom. The van der Waals surface area contributed by atoms with Crippen LogP contribution in [0.5, 0.6) is 0 Å². The van der Waals surface area contributed by atoms with Crippen LogP contribution in [0.1, 0.15) is 31.2 Å². The topological polar surface area (TPSA) is 83.5 Å². The molecule has 2 aromatic rings. The Labute approximate surface area is 181 Å². The number of anilines is 1. The molecule has 0 amide bonds. The molecule has 1 aliphatic heterocycles. The number of halogens is 2. The molecule has 1 saturated heterocycles. The normalized spacial score (nSPS) is 16.3. The van der Waals surface area contributed by atoms with Crippen LogP contribution in [0.15, 0.2) is 47.4 Å². The molecular weight excluding hydrogens is 455 g/mol. The second-order valence-electron chi connectivity index (χ2n) is 6.90. The molecule has 0 aromatic heterocycles. The molecule has 0 bridgehead atoms. The molecule has 1 fully saturated rings. The summed E-state index contributed by atoms with van der Waals surface area (Å²) in [6.45, 7) is 1.02. The molecule has 0 atom stereocenters. The van der Waals surface area contributed by atoms with Crippen molar-refractivity contribution < 1.29 is 16.8 Å². The van der Waals surface area contributed by atoms with Crippen molar-refractivity contribution in [2.75, 3.05) is 17.8 Å². The van der Waals surface area contributed by atoms with Crippen LogP contribution in [-0.4, -0.2) is 34.2 Å². The first-order chi connectivity index (χ1) is 13.7. The molecule has 2 aromatic carbocycles. The summed E-state index contributed by atoms with van der Waals surface area (Å²) in [6.07, 6.45) is 3.76. The van der Waals surface area contributed by atoms with Gasteiger partial charge in [-0.15, -0.1) is 0 Å². The van der Waals surface area contributed by atoms with Gasteiger partial charge in [0.25, 0.3) is 0 Å². The van der Waals surface area contributed by atoms with Crippen molar-refractivity contribution in [1.82, 2.24) is 4.31 Å². The zero-order valence-corrected chi connectivity index (χ0v) is 18.8. The summed E-state index contributed by atoms with van der Waals surface area (Å²) in [7, 11) is -7.37. The number of nitrogens with one attached hydrogen (secondary N) is 1. The molecule has 1 N–H and O–H groups in total. The van der Waals surface area contributed by atoms with Gasteiger partial charge in [0.2, 0.25) is 20.0 Å². The molecule has 10 heteroatoms. The predicted molar refractivity (Wildman–Crippen MR) is 116 cm³/mol. The van der Waals surface area contributed by atoms with Gasteiger partial charge in [-0.1, -0.05) is 42.1 Å². The fraction of sp³-hybridized carbons (Fsp3) is 0.368. The SMILES string of the molecule is O=S(=O)(Cc1c(Cl)cccc1Cl)Nc1ccc(S(=O)(=O)N2CCCCCC2)cc1. The highest BCUT2D eigenvalue weighted by Gasteiger charge is 2.25. The molecule has 1 aliphatic rings. The molecule has 0 unspecified atom stereocenters. The number of hydrogen-bond donors (Lipinski definition) is 1. The summed E-state index contributed by atoms with van der Waals surface area (Å²) in [4.78, 5) is 0.150. The maximum atomic E-state index is 12.8. The smallest absolute Gasteiger partial charge is 0.243 e. The number of hydrogen-bond acceptors (Lipinski definition) is 4. The summed E-state index contributed by atoms with van der Waals surface area (Å²) in [5, 5.41) is 0.531. The molecule has 1 heterocycles. The van der Waals surface area contributed by atoms with Crippen molar-refractivity contribution >= 4 is 48.9 Å². The first kappa shape index (κ1) is 22.4. The van der Waals surface area contributed by atoms with Gasteiger partial charge in [-0.3, -0.25) is 4.72 Å². The minimum absolute atomic E-state index is 0.150. The van der Waals surface area contributed by atoms with Gasteiger partial charge in [-0.25, -0.2) is 16.8 Å². The largest absolute Gasteiger partial charge is 0.283 e. The average molecular weight is 477 g/mol. The van der Waals surface area contributed by atoms with Crippen LogP contribution in [0.2, 0.25) is 10.0 Å². The van der Waals surface area contributed by atoms with E-state index in [0.29, 0.717) is 18.7 Å². The maximum absolute atomic E-state index is 12.8. The maximum Gasteiger partial charge on any atom is 0.243 e. The lowest BCUT2D eigenvalue weighted by Gasteiger charge is -2.20. The quantitative estimate of drug-likeness (QED) is 0.664. The Hall–Kier alpha value is -1.32. The van der Waals surface area contributed by atoms with Crippen molar-refractivity contribution in [3.63, 3.8) is 0 Å². The third kappa shape index (κ3) is 5.64. The zero-order chi connectivity index (χ0) is 21.1. The molecule has 158 valence electrons. The molecular formula is C19H22Cl2N2O4S2. The lowest BCUT2D eigenvalue weighted by Crippen LogP contribution is -2.31. The van der Waals surface area contributed by atoms with Crippen LogP contribution in [0.4, 0.5) is 5.69 Å². The van der Waals surface area contributed by atoms with Crippen LogP contribution in [0, 0.1) is 0 Å². The minimum Gasteiger partial charge on any atom is -0.283 e. The van der Waals surface area contributed by atoms with Gasteiger partial charge in [-0.2, -0.15) is 4.31 Å². The van der Waals surface area contributed by atoms with Crippen LogP contribution in [-0.2, 0) is 25.8 Å². The lowest BCUT2D eigenvalue weighted by atomic mass is 10.2. The highest BCUT2D eigenvalue weighted by Crippen LogP contribution is 2.27. The van der Waals surface area contributed by atoms with Gasteiger partial charge in [0.1, 0.15) is 0 Å². The first-order valence-corrected chi connectivity index (χ1v) is 13.1. The van der Waals surface area contributed by atoms with E-state index < -0.39 is 20.0 Å². The summed E-state index contributed by atoms with van der Waals surface area (Å²) in [5.41, 5.74) is 0.576. The Bertz CT molecular complexity index is 1040. The van der Waals surface area contributed by atoms with Crippen molar-refractivity contribution in [1.29, 1.82) is 0 Å². The number of nitrogens with zero attached hydrogens (tertiary/aromatic N) is 1. The van der Waals surface area contributed by atoms with Gasteiger partial charge in [0.05, 0.1) is 10.6 Å². The third-order valence-corrected chi connectivity index (χ3v) is 8.56. The van der Waals surface area contributed by atoms with Gasteiger partial charge < -0.3 is 0 Å². The molecule has 3 rings (SSSR count). The molecule has 0 saturated carbocycles. The van der Waals surface area contributed by atoms with E-state index in [0.717, 1.165) is 25.7 Å². The number of benzene rings is 2. The Kier molecular flexibility index (Phi) is 7.11. The van der Waals surface area contributed by atoms with Crippen LogP contribution < -0.4 is 4.72 Å². The highest BCUT2D eigenvalue weighted by atomic mass is 35.5. The van der Waals surface area contributed by atoms with Crippen molar-refractivity contribution in [3.8, 4) is 0 Å². The van der Waals surface area contributed by atoms with Crippen LogP contribution >= 0.6 is 23.2 Å². The van der Waals surface area contributed by atoms with E-state index in [4.69, 9.17) is 23.2 Å². The van der Waals surface area contributed by atoms with Gasteiger partial charge >= 0.3 is 0 Å². The fourth-order valence-electron chi connectivity index (χ4n) is 3.20. The van der Waals surface area contributed by atoms with E-state index in [1.54, 1.807) is 18.2 Å². The van der Waals surface area contributed by atoms with Crippen LogP contribution in [0.25, 0.3) is 0 Å². The van der Waals surface area contributed by atoms with E-state index in [9.17, 15) is 16.8 Å². The number of rotatable bonds is 6. The standard InChI is InChI=1S/C19H22Cl2N2O4S2/c20-18-6-5-7-19(21)17(18)14-28(24,25)22-15-8-10-16(11-9-15)29(26,27)23-12-3-1-2-4-13-23/h5-11,22H,1-4,12-14H2. The zero-order valence-electron chi connectivity index (χ0n) is 15.6. The molecule has 29 heavy (non-hydrogen) atoms. The van der Waals surface area contributed by atoms with Gasteiger partial charge in [0, 0.05) is 34.4 Å². The van der Waals surface area contributed by atoms with Crippen molar-refractivity contribution in [2.45, 2.75) is 36.3 Å². The third-order valence-electron chi connectivity index (χ3n) is 4.73. The first-order valence-electron chi connectivity index (χ1n) is 9.23. The Morgan fingerprint density at radius 2 is 1.38 bits per heavy atom. The van der Waals surface area contributed by atoms with E-state index in [-0.39, 0.29) is 26.4 Å². The highest BCUT2D eigenvalue weighted by molar-refractivity contribution is 7.92. The van der Waals surface area contributed by atoms with E-state index in [2.05, 4.69) is 4.72 Å². The van der Waals surface area contributed by atoms with E-state index in [1.165, 1.54) is 28.6 Å². The van der Waals surface area contributed by atoms with Gasteiger partial charge in [0.15, 0.2) is 0 Å². The average Bonchev–Trinajstić information content (AvgIpc) is 2.95. The molecule has 0 spiro atoms. The van der Waals surface area contributed by atoms with Crippen molar-refractivity contribution in [2.24, 2.45) is 0 Å². The lowest BCUT2D eigenvalue weighted by molar-refractivity contribution is 0.424. The Morgan fingerprint density at radius 1 is 0.828 bits per heavy atom. The minimum atomic E-state index is -3.79. The van der Waals surface area contributed by atoms with Gasteiger partial charge in [-0.05, 0) is 49.2 Å². The van der Waals surface area contributed by atoms with E-state index in [1.807, 2.05) is 0 Å². The Balaban J connectivity index is 1.74.